The van der Waals surface area contributed by atoms with Crippen molar-refractivity contribution in [3.63, 3.8) is 0 Å². The zero-order valence-electron chi connectivity index (χ0n) is 10.7. The number of hydrogen-bond donors (Lipinski definition) is 2. The summed E-state index contributed by atoms with van der Waals surface area (Å²) in [7, 11) is 0. The maximum Gasteiger partial charge on any atom is 0.0636 e. The monoisotopic (exact) mass is 213 g/mol. The van der Waals surface area contributed by atoms with Gasteiger partial charge in [-0.05, 0) is 43.9 Å². The average Bonchev–Trinajstić information content (AvgIpc) is 2.14. The molecule has 2 nitrogen and oxygen atoms in total. The van der Waals surface area contributed by atoms with Gasteiger partial charge in [0.25, 0.3) is 0 Å². The Labute approximate surface area is 94.5 Å². The van der Waals surface area contributed by atoms with Crippen LogP contribution in [0, 0.1) is 11.3 Å². The maximum atomic E-state index is 9.20. The molecule has 15 heavy (non-hydrogen) atoms. The molecule has 90 valence electrons. The van der Waals surface area contributed by atoms with Gasteiger partial charge in [0.1, 0.15) is 0 Å². The number of nitrogens with one attached hydrogen (secondary N) is 1. The van der Waals surface area contributed by atoms with Crippen LogP contribution >= 0.6 is 0 Å². The van der Waals surface area contributed by atoms with E-state index in [9.17, 15) is 5.11 Å². The molecule has 0 aliphatic heterocycles. The van der Waals surface area contributed by atoms with E-state index in [1.54, 1.807) is 0 Å². The minimum absolute atomic E-state index is 0.217. The van der Waals surface area contributed by atoms with E-state index in [0.29, 0.717) is 11.5 Å². The van der Waals surface area contributed by atoms with E-state index in [1.165, 1.54) is 25.7 Å². The van der Waals surface area contributed by atoms with E-state index in [1.807, 2.05) is 6.92 Å². The first-order chi connectivity index (χ1) is 6.89. The Kier molecular flexibility index (Phi) is 4.60. The quantitative estimate of drug-likeness (QED) is 0.755. The molecule has 0 amide bonds. The van der Waals surface area contributed by atoms with Gasteiger partial charge in [0.15, 0.2) is 0 Å². The molecule has 0 radical (unpaired) electrons. The van der Waals surface area contributed by atoms with Crippen LogP contribution in [0.1, 0.15) is 53.4 Å². The summed E-state index contributed by atoms with van der Waals surface area (Å²) in [6, 6.07) is 0.637. The highest BCUT2D eigenvalue weighted by Crippen LogP contribution is 2.37. The fourth-order valence-electron chi connectivity index (χ4n) is 2.50. The molecule has 1 saturated carbocycles. The molecular formula is C13H27NO. The van der Waals surface area contributed by atoms with Crippen molar-refractivity contribution in [1.82, 2.24) is 5.32 Å². The molecule has 2 N–H and O–H groups in total. The van der Waals surface area contributed by atoms with Crippen LogP contribution in [-0.4, -0.2) is 23.8 Å². The van der Waals surface area contributed by atoms with Gasteiger partial charge in [-0.25, -0.2) is 0 Å². The lowest BCUT2D eigenvalue weighted by Crippen LogP contribution is -2.39. The Morgan fingerprint density at radius 1 is 1.20 bits per heavy atom. The van der Waals surface area contributed by atoms with Gasteiger partial charge >= 0.3 is 0 Å². The third-order valence-corrected chi connectivity index (χ3v) is 3.65. The highest BCUT2D eigenvalue weighted by atomic mass is 16.3. The third kappa shape index (κ3) is 4.52. The Balaban J connectivity index is 2.24. The van der Waals surface area contributed by atoms with Gasteiger partial charge in [-0.2, -0.15) is 0 Å². The van der Waals surface area contributed by atoms with E-state index in [-0.39, 0.29) is 6.10 Å². The summed E-state index contributed by atoms with van der Waals surface area (Å²) < 4.78 is 0. The number of rotatable bonds is 3. The molecule has 0 saturated heterocycles. The summed E-state index contributed by atoms with van der Waals surface area (Å²) in [5, 5.41) is 12.6. The molecule has 0 bridgehead atoms. The molecular weight excluding hydrogens is 186 g/mol. The van der Waals surface area contributed by atoms with E-state index in [4.69, 9.17) is 0 Å². The molecule has 1 aliphatic rings. The fourth-order valence-corrected chi connectivity index (χ4v) is 2.50. The highest BCUT2D eigenvalue weighted by Gasteiger charge is 2.29. The Bertz CT molecular complexity index is 175. The van der Waals surface area contributed by atoms with Crippen molar-refractivity contribution in [3.8, 4) is 0 Å². The minimum Gasteiger partial charge on any atom is -0.392 e. The third-order valence-electron chi connectivity index (χ3n) is 3.65. The van der Waals surface area contributed by atoms with E-state index < -0.39 is 0 Å². The predicted molar refractivity (Wildman–Crippen MR) is 64.9 cm³/mol. The molecule has 1 aliphatic carbocycles. The summed E-state index contributed by atoms with van der Waals surface area (Å²) in [5.74, 6) is 0.877. The Morgan fingerprint density at radius 3 is 2.13 bits per heavy atom. The largest absolute Gasteiger partial charge is 0.392 e. The van der Waals surface area contributed by atoms with Gasteiger partial charge in [-0.15, -0.1) is 0 Å². The molecule has 0 aromatic carbocycles. The first-order valence-corrected chi connectivity index (χ1v) is 6.31. The van der Waals surface area contributed by atoms with Gasteiger partial charge in [-0.1, -0.05) is 20.8 Å². The standard InChI is InChI=1S/C13H27NO/c1-10(15)9-14-12-7-5-11(6-8-12)13(2,3)4/h10-12,14-15H,5-9H2,1-4H3/t10-,11?,12?/m0/s1. The average molecular weight is 213 g/mol. The van der Waals surface area contributed by atoms with Gasteiger partial charge in [0, 0.05) is 12.6 Å². The molecule has 0 aromatic heterocycles. The molecule has 0 unspecified atom stereocenters. The fraction of sp³-hybridized carbons (Fsp3) is 1.00. The van der Waals surface area contributed by atoms with Crippen LogP contribution in [-0.2, 0) is 0 Å². The van der Waals surface area contributed by atoms with Crippen LogP contribution < -0.4 is 5.32 Å². The molecule has 0 spiro atoms. The molecule has 0 heterocycles. The second kappa shape index (κ2) is 5.31. The lowest BCUT2D eigenvalue weighted by Gasteiger charge is -2.37. The van der Waals surface area contributed by atoms with E-state index in [2.05, 4.69) is 26.1 Å². The van der Waals surface area contributed by atoms with Gasteiger partial charge in [0.05, 0.1) is 6.10 Å². The van der Waals surface area contributed by atoms with Gasteiger partial charge in [-0.3, -0.25) is 0 Å². The van der Waals surface area contributed by atoms with Crippen LogP contribution in [0.4, 0.5) is 0 Å². The van der Waals surface area contributed by atoms with E-state index >= 15 is 0 Å². The topological polar surface area (TPSA) is 32.3 Å². The van der Waals surface area contributed by atoms with Crippen molar-refractivity contribution in [2.75, 3.05) is 6.54 Å². The summed E-state index contributed by atoms with van der Waals surface area (Å²) in [5.41, 5.74) is 0.468. The summed E-state index contributed by atoms with van der Waals surface area (Å²) in [6.07, 6.45) is 5.00. The zero-order chi connectivity index (χ0) is 11.5. The highest BCUT2D eigenvalue weighted by molar-refractivity contribution is 4.83. The molecule has 1 fully saturated rings. The summed E-state index contributed by atoms with van der Waals surface area (Å²) in [6.45, 7) is 9.63. The Hall–Kier alpha value is -0.0800. The second-order valence-corrected chi connectivity index (χ2v) is 6.17. The smallest absolute Gasteiger partial charge is 0.0636 e. The first kappa shape index (κ1) is 13.0. The predicted octanol–water partition coefficient (Wildman–Crippen LogP) is 2.56. The summed E-state index contributed by atoms with van der Waals surface area (Å²) >= 11 is 0. The van der Waals surface area contributed by atoms with Crippen LogP contribution in [0.2, 0.25) is 0 Å². The lowest BCUT2D eigenvalue weighted by atomic mass is 9.71. The number of aliphatic hydroxyl groups is 1. The minimum atomic E-state index is -0.217. The first-order valence-electron chi connectivity index (χ1n) is 6.31. The molecule has 2 heteroatoms. The zero-order valence-corrected chi connectivity index (χ0v) is 10.7. The van der Waals surface area contributed by atoms with Crippen molar-refractivity contribution >= 4 is 0 Å². The van der Waals surface area contributed by atoms with Crippen LogP contribution in [0.25, 0.3) is 0 Å². The number of hydrogen-bond acceptors (Lipinski definition) is 2. The van der Waals surface area contributed by atoms with Gasteiger partial charge < -0.3 is 10.4 Å². The molecule has 0 aromatic rings. The van der Waals surface area contributed by atoms with Crippen LogP contribution in [0.15, 0.2) is 0 Å². The van der Waals surface area contributed by atoms with Crippen LogP contribution in [0.3, 0.4) is 0 Å². The van der Waals surface area contributed by atoms with E-state index in [0.717, 1.165) is 12.5 Å². The number of aliphatic hydroxyl groups excluding tert-OH is 1. The van der Waals surface area contributed by atoms with Crippen molar-refractivity contribution in [3.05, 3.63) is 0 Å². The molecule has 1 atom stereocenters. The van der Waals surface area contributed by atoms with Crippen molar-refractivity contribution in [2.24, 2.45) is 11.3 Å². The van der Waals surface area contributed by atoms with Crippen LogP contribution in [0.5, 0.6) is 0 Å². The van der Waals surface area contributed by atoms with Crippen molar-refractivity contribution < 1.29 is 5.11 Å². The maximum absolute atomic E-state index is 9.20. The lowest BCUT2D eigenvalue weighted by molar-refractivity contribution is 0.145. The normalized spacial score (nSPS) is 30.2. The van der Waals surface area contributed by atoms with Gasteiger partial charge in [0.2, 0.25) is 0 Å². The molecule has 1 rings (SSSR count). The second-order valence-electron chi connectivity index (χ2n) is 6.17. The SMILES string of the molecule is C[C@H](O)CNC1CCC(C(C)(C)C)CC1. The Morgan fingerprint density at radius 2 is 1.73 bits per heavy atom. The van der Waals surface area contributed by atoms with Crippen molar-refractivity contribution in [1.29, 1.82) is 0 Å². The van der Waals surface area contributed by atoms with Crippen molar-refractivity contribution in [2.45, 2.75) is 65.5 Å². The summed E-state index contributed by atoms with van der Waals surface area (Å²) in [4.78, 5) is 0.